The molecule has 0 saturated carbocycles. The number of hydrogen-bond acceptors (Lipinski definition) is 8. The molecule has 0 amide bonds. The Kier molecular flexibility index (Phi) is 9.21. The SMILES string of the molecule is CC1CC2(CCN(c3ccc(OC4CCNCC4)nn3)CC2)CN1c1ccc(C#N)c(Cl)c1.CSC. The van der Waals surface area contributed by atoms with Crippen LogP contribution in [0.25, 0.3) is 0 Å². The second-order valence-corrected chi connectivity index (χ2v) is 11.4. The Morgan fingerprint density at radius 1 is 1.14 bits per heavy atom. The van der Waals surface area contributed by atoms with E-state index in [-0.39, 0.29) is 6.10 Å². The van der Waals surface area contributed by atoms with Gasteiger partial charge in [-0.15, -0.1) is 10.2 Å². The van der Waals surface area contributed by atoms with Crippen LogP contribution in [0.3, 0.4) is 0 Å². The Morgan fingerprint density at radius 3 is 2.47 bits per heavy atom. The minimum Gasteiger partial charge on any atom is -0.473 e. The molecule has 3 aliphatic heterocycles. The molecular formula is C27H37ClN6OS. The number of hydrogen-bond donors (Lipinski definition) is 1. The highest BCUT2D eigenvalue weighted by atomic mass is 35.5. The van der Waals surface area contributed by atoms with Gasteiger partial charge in [0.15, 0.2) is 5.82 Å². The number of ether oxygens (including phenoxy) is 1. The summed E-state index contributed by atoms with van der Waals surface area (Å²) in [6.45, 7) is 7.29. The van der Waals surface area contributed by atoms with Crippen LogP contribution in [-0.2, 0) is 0 Å². The highest BCUT2D eigenvalue weighted by Crippen LogP contribution is 2.45. The first-order chi connectivity index (χ1) is 17.5. The van der Waals surface area contributed by atoms with Crippen LogP contribution in [-0.4, -0.2) is 67.6 Å². The van der Waals surface area contributed by atoms with Gasteiger partial charge in [0.25, 0.3) is 0 Å². The fourth-order valence-corrected chi connectivity index (χ4v) is 5.86. The first-order valence-corrected chi connectivity index (χ1v) is 14.8. The molecule has 2 aromatic rings. The van der Waals surface area contributed by atoms with E-state index in [0.717, 1.165) is 69.9 Å². The van der Waals surface area contributed by atoms with Crippen molar-refractivity contribution in [3.8, 4) is 11.9 Å². The van der Waals surface area contributed by atoms with Crippen LogP contribution in [0.1, 0.15) is 44.6 Å². The van der Waals surface area contributed by atoms with Crippen LogP contribution in [0.5, 0.6) is 5.88 Å². The standard InChI is InChI=1S/C25H31ClN6O.C2H6S/c1-18-15-25(17-32(18)20-3-2-19(16-27)22(26)14-20)8-12-31(13-9-25)23-4-5-24(30-29-23)33-21-6-10-28-11-7-21;1-3-2/h2-5,14,18,21,28H,6-13,15,17H2,1H3;1-2H3. The summed E-state index contributed by atoms with van der Waals surface area (Å²) in [5.74, 6) is 1.56. The van der Waals surface area contributed by atoms with Crippen molar-refractivity contribution in [3.05, 3.63) is 40.9 Å². The van der Waals surface area contributed by atoms with Crippen molar-refractivity contribution >= 4 is 34.9 Å². The molecule has 9 heteroatoms. The smallest absolute Gasteiger partial charge is 0.233 e. The molecule has 7 nitrogen and oxygen atoms in total. The topological polar surface area (TPSA) is 77.3 Å². The molecule has 0 aliphatic carbocycles. The number of benzene rings is 1. The van der Waals surface area contributed by atoms with E-state index < -0.39 is 0 Å². The molecule has 1 aromatic heterocycles. The Morgan fingerprint density at radius 2 is 1.86 bits per heavy atom. The molecule has 5 rings (SSSR count). The fraction of sp³-hybridized carbons (Fsp3) is 0.593. The van der Waals surface area contributed by atoms with E-state index in [2.05, 4.69) is 38.3 Å². The number of thioether (sulfide) groups is 1. The van der Waals surface area contributed by atoms with Gasteiger partial charge in [-0.3, -0.25) is 0 Å². The molecule has 3 saturated heterocycles. The van der Waals surface area contributed by atoms with E-state index >= 15 is 0 Å². The predicted molar refractivity (Wildman–Crippen MR) is 149 cm³/mol. The number of halogens is 1. The molecule has 0 bridgehead atoms. The summed E-state index contributed by atoms with van der Waals surface area (Å²) in [5, 5.41) is 21.9. The molecule has 1 unspecified atom stereocenters. The van der Waals surface area contributed by atoms with Crippen molar-refractivity contribution in [1.82, 2.24) is 15.5 Å². The van der Waals surface area contributed by atoms with E-state index in [1.54, 1.807) is 11.8 Å². The number of rotatable bonds is 4. The molecule has 3 fully saturated rings. The molecule has 194 valence electrons. The van der Waals surface area contributed by atoms with Crippen molar-refractivity contribution in [3.63, 3.8) is 0 Å². The molecular weight excluding hydrogens is 492 g/mol. The molecule has 4 heterocycles. The van der Waals surface area contributed by atoms with Crippen molar-refractivity contribution in [1.29, 1.82) is 5.26 Å². The molecule has 1 atom stereocenters. The first kappa shape index (κ1) is 26.8. The van der Waals surface area contributed by atoms with Crippen molar-refractivity contribution in [2.45, 2.75) is 51.2 Å². The minimum atomic E-state index is 0.236. The monoisotopic (exact) mass is 528 g/mol. The molecule has 0 radical (unpaired) electrons. The quantitative estimate of drug-likeness (QED) is 0.594. The van der Waals surface area contributed by atoms with Gasteiger partial charge in [-0.1, -0.05) is 11.6 Å². The maximum atomic E-state index is 9.16. The van der Waals surface area contributed by atoms with Crippen molar-refractivity contribution in [2.24, 2.45) is 5.41 Å². The summed E-state index contributed by atoms with van der Waals surface area (Å²) < 4.78 is 6.00. The molecule has 1 spiro atoms. The third-order valence-electron chi connectivity index (χ3n) is 7.52. The van der Waals surface area contributed by atoms with Crippen LogP contribution in [0.2, 0.25) is 5.02 Å². The zero-order valence-corrected chi connectivity index (χ0v) is 23.1. The van der Waals surface area contributed by atoms with Gasteiger partial charge >= 0.3 is 0 Å². The minimum absolute atomic E-state index is 0.236. The second-order valence-electron chi connectivity index (χ2n) is 10.1. The Labute approximate surface area is 224 Å². The summed E-state index contributed by atoms with van der Waals surface area (Å²) in [4.78, 5) is 4.80. The number of nitrogens with zero attached hydrogens (tertiary/aromatic N) is 5. The summed E-state index contributed by atoms with van der Waals surface area (Å²) in [7, 11) is 0. The number of piperidine rings is 2. The van der Waals surface area contributed by atoms with Gasteiger partial charge in [-0.05, 0) is 94.3 Å². The van der Waals surface area contributed by atoms with E-state index in [9.17, 15) is 0 Å². The van der Waals surface area contributed by atoms with Crippen molar-refractivity contribution in [2.75, 3.05) is 55.0 Å². The third kappa shape index (κ3) is 6.37. The highest BCUT2D eigenvalue weighted by molar-refractivity contribution is 7.97. The van der Waals surface area contributed by atoms with Crippen LogP contribution >= 0.6 is 23.4 Å². The zero-order chi connectivity index (χ0) is 25.5. The number of anilines is 2. The van der Waals surface area contributed by atoms with Crippen LogP contribution in [0.4, 0.5) is 11.5 Å². The Bertz CT molecular complexity index is 1030. The van der Waals surface area contributed by atoms with Crippen molar-refractivity contribution < 1.29 is 4.74 Å². The highest BCUT2D eigenvalue weighted by Gasteiger charge is 2.44. The summed E-state index contributed by atoms with van der Waals surface area (Å²) in [5.41, 5.74) is 1.95. The Balaban J connectivity index is 0.000000967. The maximum absolute atomic E-state index is 9.16. The van der Waals surface area contributed by atoms with E-state index in [1.165, 1.54) is 6.42 Å². The van der Waals surface area contributed by atoms with Crippen LogP contribution in [0.15, 0.2) is 30.3 Å². The van der Waals surface area contributed by atoms with Gasteiger partial charge in [0, 0.05) is 37.4 Å². The molecule has 3 aliphatic rings. The molecule has 1 aromatic carbocycles. The summed E-state index contributed by atoms with van der Waals surface area (Å²) in [6, 6.07) is 12.4. The van der Waals surface area contributed by atoms with Crippen LogP contribution in [0, 0.1) is 16.7 Å². The lowest BCUT2D eigenvalue weighted by Crippen LogP contribution is -2.42. The van der Waals surface area contributed by atoms with Gasteiger partial charge in [0.1, 0.15) is 12.2 Å². The lowest BCUT2D eigenvalue weighted by atomic mass is 9.77. The maximum Gasteiger partial charge on any atom is 0.233 e. The van der Waals surface area contributed by atoms with E-state index in [1.807, 2.05) is 42.8 Å². The number of nitrogens with one attached hydrogen (secondary N) is 1. The number of nitriles is 1. The zero-order valence-electron chi connectivity index (χ0n) is 21.5. The summed E-state index contributed by atoms with van der Waals surface area (Å²) in [6.07, 6.45) is 9.79. The van der Waals surface area contributed by atoms with Gasteiger partial charge in [-0.25, -0.2) is 0 Å². The second kappa shape index (κ2) is 12.4. The van der Waals surface area contributed by atoms with Gasteiger partial charge in [-0.2, -0.15) is 17.0 Å². The van der Waals surface area contributed by atoms with Crippen LogP contribution < -0.4 is 19.9 Å². The van der Waals surface area contributed by atoms with Gasteiger partial charge < -0.3 is 19.9 Å². The van der Waals surface area contributed by atoms with Gasteiger partial charge in [0.2, 0.25) is 5.88 Å². The predicted octanol–water partition coefficient (Wildman–Crippen LogP) is 5.00. The molecule has 36 heavy (non-hydrogen) atoms. The van der Waals surface area contributed by atoms with Gasteiger partial charge in [0.05, 0.1) is 10.6 Å². The average molecular weight is 529 g/mol. The lowest BCUT2D eigenvalue weighted by Gasteiger charge is -2.39. The first-order valence-electron chi connectivity index (χ1n) is 12.8. The normalized spacial score (nSPS) is 21.6. The largest absolute Gasteiger partial charge is 0.473 e. The van der Waals surface area contributed by atoms with E-state index in [0.29, 0.717) is 27.9 Å². The number of aromatic nitrogens is 2. The van der Waals surface area contributed by atoms with E-state index in [4.69, 9.17) is 21.6 Å². The lowest BCUT2D eigenvalue weighted by molar-refractivity contribution is 0.154. The third-order valence-corrected chi connectivity index (χ3v) is 7.83. The summed E-state index contributed by atoms with van der Waals surface area (Å²) >= 11 is 8.06. The fourth-order valence-electron chi connectivity index (χ4n) is 5.64. The molecule has 1 N–H and O–H groups in total. The average Bonchev–Trinajstić information content (AvgIpc) is 3.21. The Hall–Kier alpha value is -2.21.